The number of esters is 1. The van der Waals surface area contributed by atoms with Gasteiger partial charge in [0, 0.05) is 94.5 Å². The number of likely N-dealkylation sites (tertiary alicyclic amines) is 1. The number of aryl methyl sites for hydroxylation is 1. The number of carbonyl (C=O) groups excluding carboxylic acids is 2. The first kappa shape index (κ1) is 59.3. The van der Waals surface area contributed by atoms with E-state index < -0.39 is 45.7 Å². The van der Waals surface area contributed by atoms with E-state index in [1.54, 1.807) is 48.2 Å². The highest BCUT2D eigenvalue weighted by molar-refractivity contribution is 7.99. The molecular formula is C57H69ClN7O10PS3. The van der Waals surface area contributed by atoms with Gasteiger partial charge in [-0.05, 0) is 156 Å². The average Bonchev–Trinajstić information content (AvgIpc) is 3.76. The molecule has 2 aliphatic rings. The van der Waals surface area contributed by atoms with Crippen molar-refractivity contribution in [2.75, 3.05) is 90.4 Å². The van der Waals surface area contributed by atoms with Gasteiger partial charge in [-0.2, -0.15) is 0 Å². The van der Waals surface area contributed by atoms with Crippen LogP contribution in [0.15, 0.2) is 131 Å². The van der Waals surface area contributed by atoms with Crippen molar-refractivity contribution in [3.63, 3.8) is 0 Å². The predicted molar refractivity (Wildman–Crippen MR) is 317 cm³/mol. The lowest BCUT2D eigenvalue weighted by molar-refractivity contribution is -0.149. The van der Waals surface area contributed by atoms with Crippen LogP contribution in [0.3, 0.4) is 0 Å². The lowest BCUT2D eigenvalue weighted by Gasteiger charge is -2.37. The van der Waals surface area contributed by atoms with Gasteiger partial charge >= 0.3 is 13.6 Å². The highest BCUT2D eigenvalue weighted by Crippen LogP contribution is 2.43. The third kappa shape index (κ3) is 15.8. The molecule has 0 aliphatic carbocycles. The normalized spacial score (nSPS) is 15.3. The van der Waals surface area contributed by atoms with Gasteiger partial charge in [0.25, 0.3) is 15.9 Å². The zero-order valence-electron chi connectivity index (χ0n) is 45.0. The summed E-state index contributed by atoms with van der Waals surface area (Å²) in [4.78, 5) is 52.7. The van der Waals surface area contributed by atoms with Gasteiger partial charge in [-0.25, -0.2) is 21.6 Å². The number of sulfonamides is 2. The van der Waals surface area contributed by atoms with Crippen LogP contribution in [-0.4, -0.2) is 125 Å². The second kappa shape index (κ2) is 25.7. The predicted octanol–water partition coefficient (Wildman–Crippen LogP) is 9.89. The fraction of sp³-hybridized carbons (Fsp3) is 0.368. The molecule has 22 heteroatoms. The standard InChI is InChI=1S/C57H69ClN7O10PS3/c1-39(2)65-41(4)53(56(66)61-78(5,71)72)54(55(65)42-14-16-45(58)17-15-42)44-10-9-11-49(37-44)64-32-30-63(31-33-64)48-20-18-46(19-21-48)60-79(73,74)51-22-23-52(40(3)36-51)59-47(38-77-50-12-7-6-8-13-50)26-29-62-27-24-43(25-28-62)57(67)75-34-35-76(68,69)70/h6-23,36-37,39,43,47,59-60H,24-35,38H2,1-5H3,(H,61,66)(H2,68,69,70)/t47-/m1/s1. The van der Waals surface area contributed by atoms with E-state index in [0.717, 1.165) is 69.3 Å². The van der Waals surface area contributed by atoms with Gasteiger partial charge < -0.3 is 39.1 Å². The van der Waals surface area contributed by atoms with Gasteiger partial charge in [-0.3, -0.25) is 18.9 Å². The number of nitrogens with zero attached hydrogens (tertiary/aromatic N) is 4. The van der Waals surface area contributed by atoms with Crippen LogP contribution in [0.4, 0.5) is 22.7 Å². The van der Waals surface area contributed by atoms with Crippen molar-refractivity contribution in [3.05, 3.63) is 143 Å². The first-order valence-corrected chi connectivity index (χ1v) is 32.8. The molecule has 0 bridgehead atoms. The Kier molecular flexibility index (Phi) is 19.3. The molecule has 6 aromatic rings. The topological polar surface area (TPSA) is 220 Å². The van der Waals surface area contributed by atoms with Crippen LogP contribution >= 0.6 is 31.0 Å². The quantitative estimate of drug-likeness (QED) is 0.0243. The van der Waals surface area contributed by atoms with Crippen LogP contribution in [0, 0.1) is 19.8 Å². The number of carbonyl (C=O) groups is 2. The van der Waals surface area contributed by atoms with Crippen molar-refractivity contribution in [3.8, 4) is 22.4 Å². The Morgan fingerprint density at radius 2 is 1.46 bits per heavy atom. The van der Waals surface area contributed by atoms with E-state index in [-0.39, 0.29) is 35.1 Å². The number of hydrogen-bond acceptors (Lipinski definition) is 13. The Morgan fingerprint density at radius 3 is 2.08 bits per heavy atom. The number of piperidine rings is 1. The van der Waals surface area contributed by atoms with Gasteiger partial charge in [-0.15, -0.1) is 11.8 Å². The summed E-state index contributed by atoms with van der Waals surface area (Å²) in [5.41, 5.74) is 7.85. The lowest BCUT2D eigenvalue weighted by Crippen LogP contribution is -2.46. The minimum absolute atomic E-state index is 0.0291. The number of benzene rings is 5. The van der Waals surface area contributed by atoms with Crippen molar-refractivity contribution in [1.29, 1.82) is 0 Å². The van der Waals surface area contributed by atoms with Crippen LogP contribution in [0.2, 0.25) is 5.02 Å². The molecule has 1 aromatic heterocycles. The third-order valence-electron chi connectivity index (χ3n) is 14.3. The summed E-state index contributed by atoms with van der Waals surface area (Å²) < 4.78 is 75.8. The molecule has 17 nitrogen and oxygen atoms in total. The summed E-state index contributed by atoms with van der Waals surface area (Å²) in [5.74, 6) is -0.664. The molecule has 8 rings (SSSR count). The average molecular weight is 1170 g/mol. The molecule has 2 aliphatic heterocycles. The Balaban J connectivity index is 0.892. The minimum Gasteiger partial charge on any atom is -0.465 e. The minimum atomic E-state index is -4.24. The number of aromatic nitrogens is 1. The monoisotopic (exact) mass is 1170 g/mol. The van der Waals surface area contributed by atoms with E-state index in [1.165, 1.54) is 0 Å². The Hall–Kier alpha value is -5.83. The first-order chi connectivity index (χ1) is 37.5. The van der Waals surface area contributed by atoms with Crippen LogP contribution in [0.25, 0.3) is 22.4 Å². The molecule has 0 saturated carbocycles. The second-order valence-electron chi connectivity index (χ2n) is 20.4. The molecule has 1 amide bonds. The van der Waals surface area contributed by atoms with Crippen LogP contribution in [-0.2, 0) is 34.1 Å². The number of piperazine rings is 1. The van der Waals surface area contributed by atoms with Gasteiger partial charge in [-0.1, -0.05) is 54.1 Å². The Labute approximate surface area is 473 Å². The molecule has 0 spiro atoms. The molecular weight excluding hydrogens is 1110 g/mol. The summed E-state index contributed by atoms with van der Waals surface area (Å²) in [6.45, 7) is 12.4. The van der Waals surface area contributed by atoms with E-state index in [4.69, 9.17) is 26.1 Å². The van der Waals surface area contributed by atoms with E-state index >= 15 is 0 Å². The van der Waals surface area contributed by atoms with Crippen molar-refractivity contribution < 1.29 is 45.5 Å². The number of nitrogens with one attached hydrogen (secondary N) is 3. The SMILES string of the molecule is Cc1cc(S(=O)(=O)Nc2ccc(N3CCN(c4cccc(-c5c(C(=O)NS(C)(=O)=O)c(C)n(C(C)C)c5-c5ccc(Cl)cc5)c4)CC3)cc2)ccc1N[C@H](CCN1CCC(C(=O)OCCP(=O)(O)O)CC1)CSc1ccccc1. The first-order valence-electron chi connectivity index (χ1n) is 26.3. The van der Waals surface area contributed by atoms with E-state index in [0.29, 0.717) is 74.1 Å². The number of ether oxygens (including phenoxy) is 1. The maximum Gasteiger partial charge on any atom is 0.328 e. The van der Waals surface area contributed by atoms with Crippen LogP contribution < -0.4 is 24.6 Å². The summed E-state index contributed by atoms with van der Waals surface area (Å²) in [7, 11) is -12.1. The highest BCUT2D eigenvalue weighted by Gasteiger charge is 2.31. The smallest absolute Gasteiger partial charge is 0.328 e. The molecule has 79 heavy (non-hydrogen) atoms. The molecule has 422 valence electrons. The number of thioether (sulfide) groups is 1. The van der Waals surface area contributed by atoms with Crippen LogP contribution in [0.1, 0.15) is 60.8 Å². The molecule has 0 unspecified atom stereocenters. The maximum absolute atomic E-state index is 13.9. The molecule has 5 N–H and O–H groups in total. The van der Waals surface area contributed by atoms with E-state index in [1.807, 2.05) is 100 Å². The molecule has 1 atom stereocenters. The summed E-state index contributed by atoms with van der Waals surface area (Å²) in [6.07, 6.45) is 2.47. The molecule has 0 radical (unpaired) electrons. The zero-order valence-corrected chi connectivity index (χ0v) is 49.1. The number of hydrogen-bond donors (Lipinski definition) is 5. The van der Waals surface area contributed by atoms with Crippen molar-refractivity contribution in [2.24, 2.45) is 5.92 Å². The molecule has 5 aromatic carbocycles. The number of rotatable bonds is 22. The Morgan fingerprint density at radius 1 is 0.797 bits per heavy atom. The maximum atomic E-state index is 13.9. The fourth-order valence-corrected chi connectivity index (χ4v) is 13.3. The van der Waals surface area contributed by atoms with Crippen molar-refractivity contribution >= 4 is 85.6 Å². The number of anilines is 4. The van der Waals surface area contributed by atoms with Gasteiger partial charge in [0.15, 0.2) is 0 Å². The van der Waals surface area contributed by atoms with Crippen LogP contribution in [0.5, 0.6) is 0 Å². The Bertz CT molecular complexity index is 3380. The lowest BCUT2D eigenvalue weighted by atomic mass is 9.96. The van der Waals surface area contributed by atoms with Crippen molar-refractivity contribution in [2.45, 2.75) is 68.8 Å². The highest BCUT2D eigenvalue weighted by atomic mass is 35.5. The second-order valence-corrected chi connectivity index (χ2v) is 27.2. The summed E-state index contributed by atoms with van der Waals surface area (Å²) >= 11 is 8.05. The van der Waals surface area contributed by atoms with E-state index in [2.05, 4.69) is 46.2 Å². The fourth-order valence-electron chi connectivity index (χ4n) is 10.3. The van der Waals surface area contributed by atoms with Crippen molar-refractivity contribution in [1.82, 2.24) is 14.2 Å². The van der Waals surface area contributed by atoms with Gasteiger partial charge in [0.2, 0.25) is 10.0 Å². The summed E-state index contributed by atoms with van der Waals surface area (Å²) in [5, 5.41) is 4.26. The summed E-state index contributed by atoms with van der Waals surface area (Å²) in [6, 6.07) is 37.9. The van der Waals surface area contributed by atoms with E-state index in [9.17, 15) is 31.0 Å². The number of halogens is 1. The molecule has 2 fully saturated rings. The van der Waals surface area contributed by atoms with Gasteiger partial charge in [0.05, 0.1) is 34.5 Å². The zero-order chi connectivity index (χ0) is 56.6. The third-order valence-corrected chi connectivity index (χ3v) is 18.4. The number of amides is 1. The largest absolute Gasteiger partial charge is 0.465 e. The molecule has 2 saturated heterocycles. The van der Waals surface area contributed by atoms with Gasteiger partial charge in [0.1, 0.15) is 6.61 Å². The molecule has 3 heterocycles.